The van der Waals surface area contributed by atoms with Gasteiger partial charge in [-0.2, -0.15) is 0 Å². The highest BCUT2D eigenvalue weighted by atomic mass is 35.5. The number of halogens is 3. The monoisotopic (exact) mass is 602 g/mol. The lowest BCUT2D eigenvalue weighted by molar-refractivity contribution is 0.551. The van der Waals surface area contributed by atoms with Gasteiger partial charge in [0.2, 0.25) is 10.0 Å². The Morgan fingerprint density at radius 3 is 2.26 bits per heavy atom. The van der Waals surface area contributed by atoms with Crippen molar-refractivity contribution in [3.05, 3.63) is 57.5 Å². The van der Waals surface area contributed by atoms with Gasteiger partial charge in [0.15, 0.2) is 9.84 Å². The molecule has 0 aromatic heterocycles. The zero-order chi connectivity index (χ0) is 26.0. The molecule has 3 rings (SSSR count). The Bertz CT molecular complexity index is 1380. The molecule has 1 heterocycles. The summed E-state index contributed by atoms with van der Waals surface area (Å²) in [6.45, 7) is 1.65. The summed E-state index contributed by atoms with van der Waals surface area (Å²) in [6.07, 6.45) is 0.540. The number of benzene rings is 2. The van der Waals surface area contributed by atoms with Crippen molar-refractivity contribution in [1.82, 2.24) is 4.72 Å². The Kier molecular flexibility index (Phi) is 9.05. The molecule has 35 heavy (non-hydrogen) atoms. The summed E-state index contributed by atoms with van der Waals surface area (Å²) < 4.78 is 78.9. The maximum Gasteiger partial charge on any atom is 0.264 e. The van der Waals surface area contributed by atoms with E-state index >= 15 is 0 Å². The van der Waals surface area contributed by atoms with Crippen molar-refractivity contribution in [2.24, 2.45) is 0 Å². The molecule has 0 amide bonds. The minimum Gasteiger partial charge on any atom is -0.262 e. The number of rotatable bonds is 10. The molecule has 2 unspecified atom stereocenters. The number of hydrogen-bond donors (Lipinski definition) is 1. The quantitative estimate of drug-likeness (QED) is 0.437. The molecule has 1 fully saturated rings. The second kappa shape index (κ2) is 11.1. The van der Waals surface area contributed by atoms with Crippen LogP contribution in [0.3, 0.4) is 0 Å². The molecule has 1 aliphatic rings. The van der Waals surface area contributed by atoms with Crippen LogP contribution in [0.2, 0.25) is 15.1 Å². The van der Waals surface area contributed by atoms with Crippen molar-refractivity contribution in [1.29, 1.82) is 0 Å². The average molecular weight is 604 g/mol. The molecule has 0 spiro atoms. The van der Waals surface area contributed by atoms with E-state index in [-0.39, 0.29) is 57.1 Å². The molecule has 194 valence electrons. The van der Waals surface area contributed by atoms with E-state index < -0.39 is 42.0 Å². The van der Waals surface area contributed by atoms with Gasteiger partial charge < -0.3 is 0 Å². The highest BCUT2D eigenvalue weighted by molar-refractivity contribution is 7.93. The van der Waals surface area contributed by atoms with Crippen LogP contribution in [0.4, 0.5) is 5.69 Å². The first-order chi connectivity index (χ1) is 16.2. The second-order valence-corrected chi connectivity index (χ2v) is 15.6. The van der Waals surface area contributed by atoms with Crippen LogP contribution in [0.15, 0.2) is 47.4 Å². The molecule has 0 saturated carbocycles. The Hall–Kier alpha value is -1.08. The van der Waals surface area contributed by atoms with E-state index in [2.05, 4.69) is 4.72 Å². The van der Waals surface area contributed by atoms with E-state index in [1.54, 1.807) is 6.92 Å². The van der Waals surface area contributed by atoms with E-state index in [9.17, 15) is 25.3 Å². The van der Waals surface area contributed by atoms with Crippen LogP contribution in [0.25, 0.3) is 0 Å². The van der Waals surface area contributed by atoms with E-state index in [1.807, 2.05) is 0 Å². The van der Waals surface area contributed by atoms with Crippen molar-refractivity contribution in [2.75, 3.05) is 21.6 Å². The molecule has 0 aliphatic carbocycles. The number of sulfonamides is 2. The Labute approximate surface area is 221 Å². The van der Waals surface area contributed by atoms with Gasteiger partial charge in [-0.3, -0.25) is 4.31 Å². The van der Waals surface area contributed by atoms with Crippen molar-refractivity contribution in [2.45, 2.75) is 43.2 Å². The fourth-order valence-electron chi connectivity index (χ4n) is 3.87. The third-order valence-electron chi connectivity index (χ3n) is 5.53. The van der Waals surface area contributed by atoms with Gasteiger partial charge in [0.1, 0.15) is 0 Å². The number of anilines is 1. The van der Waals surface area contributed by atoms with Crippen LogP contribution in [0.5, 0.6) is 0 Å². The predicted octanol–water partition coefficient (Wildman–Crippen LogP) is 4.12. The van der Waals surface area contributed by atoms with Gasteiger partial charge in [0.05, 0.1) is 32.9 Å². The Balaban J connectivity index is 1.80. The molecule has 1 aliphatic heterocycles. The van der Waals surface area contributed by atoms with Crippen LogP contribution < -0.4 is 9.03 Å². The van der Waals surface area contributed by atoms with Crippen LogP contribution in [0, 0.1) is 0 Å². The fraction of sp³-hybridized carbons (Fsp3) is 0.429. The molecule has 0 bridgehead atoms. The van der Waals surface area contributed by atoms with E-state index in [4.69, 9.17) is 34.8 Å². The van der Waals surface area contributed by atoms with Crippen LogP contribution in [-0.4, -0.2) is 54.6 Å². The Morgan fingerprint density at radius 2 is 1.66 bits per heavy atom. The number of hydrogen-bond acceptors (Lipinski definition) is 6. The predicted molar refractivity (Wildman–Crippen MR) is 140 cm³/mol. The molecule has 2 atom stereocenters. The van der Waals surface area contributed by atoms with Gasteiger partial charge in [-0.25, -0.2) is 30.0 Å². The Morgan fingerprint density at radius 1 is 1.03 bits per heavy atom. The third kappa shape index (κ3) is 7.47. The molecular weight excluding hydrogens is 579 g/mol. The second-order valence-electron chi connectivity index (χ2n) is 8.38. The van der Waals surface area contributed by atoms with Gasteiger partial charge in [-0.15, -0.1) is 0 Å². The summed E-state index contributed by atoms with van der Waals surface area (Å²) in [7, 11) is -11.1. The topological polar surface area (TPSA) is 118 Å². The fourth-order valence-corrected chi connectivity index (χ4v) is 9.27. The van der Waals surface area contributed by atoms with E-state index in [1.165, 1.54) is 42.5 Å². The van der Waals surface area contributed by atoms with Crippen molar-refractivity contribution in [3.63, 3.8) is 0 Å². The normalized spacial score (nSPS) is 18.9. The molecule has 2 aromatic carbocycles. The lowest BCUT2D eigenvalue weighted by atomic mass is 10.2. The molecule has 14 heteroatoms. The summed E-state index contributed by atoms with van der Waals surface area (Å²) in [4.78, 5) is -0.0125. The van der Waals surface area contributed by atoms with E-state index in [0.29, 0.717) is 5.02 Å². The van der Waals surface area contributed by atoms with Gasteiger partial charge in [-0.05, 0) is 68.7 Å². The summed E-state index contributed by atoms with van der Waals surface area (Å²) in [6, 6.07) is 8.79. The van der Waals surface area contributed by atoms with Crippen LogP contribution in [-0.2, 0) is 29.9 Å². The minimum absolute atomic E-state index is 0.0125. The average Bonchev–Trinajstić information content (AvgIpc) is 3.08. The van der Waals surface area contributed by atoms with Gasteiger partial charge in [0, 0.05) is 22.1 Å². The highest BCUT2D eigenvalue weighted by Gasteiger charge is 2.33. The van der Waals surface area contributed by atoms with Gasteiger partial charge in [0.25, 0.3) is 10.0 Å². The van der Waals surface area contributed by atoms with E-state index in [0.717, 1.165) is 4.31 Å². The molecule has 8 nitrogen and oxygen atoms in total. The van der Waals surface area contributed by atoms with Crippen LogP contribution in [0.1, 0.15) is 26.2 Å². The summed E-state index contributed by atoms with van der Waals surface area (Å²) in [5.74, 6) is -0.551. The van der Waals surface area contributed by atoms with Crippen LogP contribution >= 0.6 is 34.8 Å². The first-order valence-corrected chi connectivity index (χ1v) is 16.7. The summed E-state index contributed by atoms with van der Waals surface area (Å²) >= 11 is 18.4. The maximum absolute atomic E-state index is 13.6. The lowest BCUT2D eigenvalue weighted by Gasteiger charge is -2.31. The molecule has 0 radical (unpaired) electrons. The third-order valence-corrected chi connectivity index (χ3v) is 11.6. The zero-order valence-corrected chi connectivity index (χ0v) is 23.4. The maximum atomic E-state index is 13.6. The number of nitrogens with one attached hydrogen (secondary N) is 1. The molecule has 1 N–H and O–H groups in total. The van der Waals surface area contributed by atoms with Gasteiger partial charge >= 0.3 is 0 Å². The standard InChI is InChI=1S/C21H25Cl3N2O6S3/c1-15(3-2-11-34(29,30)25-18-10-12-33(27,28)14-18)26(21-13-17(23)6-9-20(21)24)35(31,32)19-7-4-16(22)5-8-19/h4-9,13,15,18,25H,2-3,10-12,14H2,1H3. The van der Waals surface area contributed by atoms with Crippen molar-refractivity contribution >= 4 is 70.4 Å². The highest BCUT2D eigenvalue weighted by Crippen LogP contribution is 2.35. The minimum atomic E-state index is -4.11. The first kappa shape index (κ1) is 28.5. The number of sulfone groups is 1. The van der Waals surface area contributed by atoms with Gasteiger partial charge in [-0.1, -0.05) is 34.8 Å². The summed E-state index contributed by atoms with van der Waals surface area (Å²) in [5, 5.41) is 0.818. The molecule has 2 aromatic rings. The zero-order valence-electron chi connectivity index (χ0n) is 18.7. The lowest BCUT2D eigenvalue weighted by Crippen LogP contribution is -2.40. The molecule has 1 saturated heterocycles. The number of nitrogens with zero attached hydrogens (tertiary/aromatic N) is 1. The van der Waals surface area contributed by atoms with Crippen molar-refractivity contribution < 1.29 is 25.3 Å². The smallest absolute Gasteiger partial charge is 0.262 e. The first-order valence-electron chi connectivity index (χ1n) is 10.7. The SMILES string of the molecule is CC(CCCS(=O)(=O)NC1CCS(=O)(=O)C1)N(c1cc(Cl)ccc1Cl)S(=O)(=O)c1ccc(Cl)cc1. The van der Waals surface area contributed by atoms with Crippen molar-refractivity contribution in [3.8, 4) is 0 Å². The largest absolute Gasteiger partial charge is 0.264 e. The summed E-state index contributed by atoms with van der Waals surface area (Å²) in [5.41, 5.74) is 0.166. The molecular formula is C21H25Cl3N2O6S3.